The van der Waals surface area contributed by atoms with Crippen LogP contribution in [0.4, 0.5) is 0 Å². The van der Waals surface area contributed by atoms with Crippen molar-refractivity contribution in [3.05, 3.63) is 0 Å². The van der Waals surface area contributed by atoms with Crippen LogP contribution in [0.25, 0.3) is 0 Å². The van der Waals surface area contributed by atoms with Gasteiger partial charge in [-0.2, -0.15) is 0 Å². The van der Waals surface area contributed by atoms with Crippen LogP contribution in [-0.4, -0.2) is 8.48 Å². The molecule has 0 saturated carbocycles. The van der Waals surface area contributed by atoms with Crippen LogP contribution in [0, 0.1) is 0 Å². The highest BCUT2D eigenvalue weighted by molar-refractivity contribution is 14.1. The van der Waals surface area contributed by atoms with Gasteiger partial charge in [0.05, 0.1) is 4.05 Å². The summed E-state index contributed by atoms with van der Waals surface area (Å²) < 4.78 is 1.47. The van der Waals surface area contributed by atoms with Crippen LogP contribution in [0.15, 0.2) is 0 Å². The van der Waals surface area contributed by atoms with Crippen molar-refractivity contribution in [1.82, 2.24) is 5.43 Å². The summed E-state index contributed by atoms with van der Waals surface area (Å²) in [5, 5.41) is 0. The van der Waals surface area contributed by atoms with Gasteiger partial charge in [-0.25, -0.2) is 5.43 Å². The lowest BCUT2D eigenvalue weighted by atomic mass is 10.8. The van der Waals surface area contributed by atoms with Crippen molar-refractivity contribution < 1.29 is 0 Å². The van der Waals surface area contributed by atoms with Gasteiger partial charge in [-0.3, -0.25) is 5.84 Å². The lowest BCUT2D eigenvalue weighted by Gasteiger charge is -1.98. The maximum Gasteiger partial charge on any atom is 0.0814 e. The van der Waals surface area contributed by atoms with Crippen molar-refractivity contribution in [2.45, 2.75) is 4.05 Å². The fourth-order valence-corrected chi connectivity index (χ4v) is 0.299. The minimum Gasteiger partial charge on any atom is -0.270 e. The quantitative estimate of drug-likeness (QED) is 0.258. The lowest BCUT2D eigenvalue weighted by Crippen LogP contribution is -2.30. The van der Waals surface area contributed by atoms with E-state index in [1.54, 1.807) is 0 Å². The summed E-state index contributed by atoms with van der Waals surface area (Å²) in [6, 6.07) is 0. The van der Waals surface area contributed by atoms with Gasteiger partial charge < -0.3 is 0 Å². The predicted molar refractivity (Wildman–Crippen MR) is 44.0 cm³/mol. The number of alkyl halides is 2. The summed E-state index contributed by atoms with van der Waals surface area (Å²) in [7, 11) is 0. The van der Waals surface area contributed by atoms with E-state index in [-0.39, 0.29) is 0 Å². The molecule has 1 atom stereocenters. The topological polar surface area (TPSA) is 38.0 Å². The predicted octanol–water partition coefficient (Wildman–Crippen LogP) is 0.646. The summed E-state index contributed by atoms with van der Waals surface area (Å²) in [4.78, 5) is 0. The Morgan fingerprint density at radius 3 is 2.33 bits per heavy atom. The van der Waals surface area contributed by atoms with E-state index in [1.165, 1.54) is 0 Å². The molecule has 0 fully saturated rings. The van der Waals surface area contributed by atoms with Crippen LogP contribution < -0.4 is 11.3 Å². The Bertz CT molecular complexity index is 28.7. The number of hydrogen-bond donors (Lipinski definition) is 2. The van der Waals surface area contributed by atoms with E-state index in [1.807, 2.05) is 0 Å². The molecule has 0 aromatic carbocycles. The molecule has 0 rings (SSSR count). The minimum atomic E-state index is 0.420. The van der Waals surface area contributed by atoms with Gasteiger partial charge in [0, 0.05) is 4.43 Å². The molecule has 38 valence electrons. The molecule has 1 unspecified atom stereocenters. The van der Waals surface area contributed by atoms with Crippen molar-refractivity contribution in [3.63, 3.8) is 0 Å². The van der Waals surface area contributed by atoms with Crippen molar-refractivity contribution in [2.24, 2.45) is 5.84 Å². The molecule has 0 spiro atoms. The number of halogens is 2. The van der Waals surface area contributed by atoms with Crippen LogP contribution in [0.5, 0.6) is 0 Å². The highest BCUT2D eigenvalue weighted by Gasteiger charge is 1.91. The van der Waals surface area contributed by atoms with Gasteiger partial charge in [-0.1, -0.05) is 45.2 Å². The number of hydrazine groups is 1. The summed E-state index contributed by atoms with van der Waals surface area (Å²) in [6.07, 6.45) is 0. The first-order valence-electron chi connectivity index (χ1n) is 1.47. The Balaban J connectivity index is 2.75. The lowest BCUT2D eigenvalue weighted by molar-refractivity contribution is 0.770. The first-order chi connectivity index (χ1) is 2.81. The number of nitrogens with two attached hydrogens (primary N) is 1. The molecule has 4 heteroatoms. The molecule has 0 amide bonds. The van der Waals surface area contributed by atoms with Crippen LogP contribution in [0.1, 0.15) is 0 Å². The van der Waals surface area contributed by atoms with Crippen LogP contribution >= 0.6 is 45.2 Å². The third kappa shape index (κ3) is 3.57. The second-order valence-corrected chi connectivity index (χ2v) is 3.17. The highest BCUT2D eigenvalue weighted by Crippen LogP contribution is 1.96. The van der Waals surface area contributed by atoms with E-state index in [4.69, 9.17) is 5.84 Å². The fourth-order valence-electron chi connectivity index (χ4n) is 0.0445. The molecule has 0 aromatic rings. The largest absolute Gasteiger partial charge is 0.270 e. The molecule has 2 nitrogen and oxygen atoms in total. The van der Waals surface area contributed by atoms with Gasteiger partial charge in [0.1, 0.15) is 0 Å². The van der Waals surface area contributed by atoms with Crippen LogP contribution in [0.3, 0.4) is 0 Å². The molecule has 0 aliphatic carbocycles. The standard InChI is InChI=1S/C2H6I2N2/c3-1-2(4)6-5/h2,6H,1,5H2. The summed E-state index contributed by atoms with van der Waals surface area (Å²) in [5.41, 5.74) is 2.59. The van der Waals surface area contributed by atoms with E-state index in [2.05, 4.69) is 50.6 Å². The second kappa shape index (κ2) is 4.54. The van der Waals surface area contributed by atoms with Crippen molar-refractivity contribution >= 4 is 45.2 Å². The monoisotopic (exact) mass is 312 g/mol. The van der Waals surface area contributed by atoms with Gasteiger partial charge in [0.25, 0.3) is 0 Å². The zero-order valence-corrected chi connectivity index (χ0v) is 7.43. The molecule has 0 saturated heterocycles. The van der Waals surface area contributed by atoms with E-state index >= 15 is 0 Å². The molecule has 0 radical (unpaired) electrons. The Hall–Kier alpha value is 1.38. The van der Waals surface area contributed by atoms with Gasteiger partial charge in [0.15, 0.2) is 0 Å². The third-order valence-corrected chi connectivity index (χ3v) is 3.68. The molecule has 0 aliphatic rings. The fraction of sp³-hybridized carbons (Fsp3) is 1.00. The summed E-state index contributed by atoms with van der Waals surface area (Å²) >= 11 is 4.49. The van der Waals surface area contributed by atoms with Gasteiger partial charge in [0.2, 0.25) is 0 Å². The minimum absolute atomic E-state index is 0.420. The SMILES string of the molecule is NNC(I)CI. The van der Waals surface area contributed by atoms with Gasteiger partial charge in [-0.05, 0) is 0 Å². The first kappa shape index (κ1) is 7.38. The average molecular weight is 312 g/mol. The van der Waals surface area contributed by atoms with Crippen molar-refractivity contribution in [2.75, 3.05) is 4.43 Å². The highest BCUT2D eigenvalue weighted by atomic mass is 127. The zero-order valence-electron chi connectivity index (χ0n) is 3.12. The summed E-state index contributed by atoms with van der Waals surface area (Å²) in [5.74, 6) is 5.02. The molecule has 0 aromatic heterocycles. The Labute approximate surface area is 64.5 Å². The van der Waals surface area contributed by atoms with E-state index in [0.29, 0.717) is 4.05 Å². The van der Waals surface area contributed by atoms with Crippen molar-refractivity contribution in [1.29, 1.82) is 0 Å². The van der Waals surface area contributed by atoms with Crippen LogP contribution in [0.2, 0.25) is 0 Å². The number of hydrogen-bond acceptors (Lipinski definition) is 2. The van der Waals surface area contributed by atoms with Crippen molar-refractivity contribution in [3.8, 4) is 0 Å². The Kier molecular flexibility index (Phi) is 5.58. The Morgan fingerprint density at radius 1 is 1.83 bits per heavy atom. The molecule has 6 heavy (non-hydrogen) atoms. The third-order valence-electron chi connectivity index (χ3n) is 0.316. The average Bonchev–Trinajstić information content (AvgIpc) is 1.65. The molecular weight excluding hydrogens is 306 g/mol. The number of rotatable bonds is 2. The molecule has 0 heterocycles. The van der Waals surface area contributed by atoms with E-state index in [9.17, 15) is 0 Å². The zero-order chi connectivity index (χ0) is 4.99. The number of nitrogens with one attached hydrogen (secondary N) is 1. The molecule has 0 bridgehead atoms. The van der Waals surface area contributed by atoms with Crippen LogP contribution in [-0.2, 0) is 0 Å². The maximum atomic E-state index is 5.02. The first-order valence-corrected chi connectivity index (χ1v) is 4.24. The molecule has 3 N–H and O–H groups in total. The molecular formula is C2H6I2N2. The Morgan fingerprint density at radius 2 is 2.33 bits per heavy atom. The maximum absolute atomic E-state index is 5.02. The summed E-state index contributed by atoms with van der Waals surface area (Å²) in [6.45, 7) is 0. The normalized spacial score (nSPS) is 14.5. The van der Waals surface area contributed by atoms with Gasteiger partial charge in [-0.15, -0.1) is 0 Å². The second-order valence-electron chi connectivity index (χ2n) is 0.789. The van der Waals surface area contributed by atoms with E-state index in [0.717, 1.165) is 4.43 Å². The van der Waals surface area contributed by atoms with Gasteiger partial charge >= 0.3 is 0 Å². The molecule has 0 aliphatic heterocycles. The smallest absolute Gasteiger partial charge is 0.0814 e. The van der Waals surface area contributed by atoms with E-state index < -0.39 is 0 Å².